The molecule has 2 atom stereocenters. The fourth-order valence-corrected chi connectivity index (χ4v) is 6.77. The molecule has 0 radical (unpaired) electrons. The number of benzene rings is 4. The summed E-state index contributed by atoms with van der Waals surface area (Å²) in [7, 11) is 0. The highest BCUT2D eigenvalue weighted by atomic mass is 32.2. The number of nitrogens with zero attached hydrogens (tertiary/aromatic N) is 2. The lowest BCUT2D eigenvalue weighted by Gasteiger charge is -2.49. The average molecular weight is 680 g/mol. The van der Waals surface area contributed by atoms with Crippen LogP contribution in [0.1, 0.15) is 22.8 Å². The Hall–Kier alpha value is -5.95. The first kappa shape index (κ1) is 33.0. The van der Waals surface area contributed by atoms with Crippen LogP contribution in [0.25, 0.3) is 0 Å². The number of rotatable bonds is 11. The molecule has 0 aliphatic carbocycles. The summed E-state index contributed by atoms with van der Waals surface area (Å²) < 4.78 is 16.6. The number of hydrogen-bond donors (Lipinski definition) is 1. The number of ether oxygens (including phenoxy) is 3. The second kappa shape index (κ2) is 14.9. The molecule has 1 N–H and O–H groups in total. The Labute approximate surface area is 284 Å². The molecule has 248 valence electrons. The Morgan fingerprint density at radius 1 is 0.878 bits per heavy atom. The maximum atomic E-state index is 14.1. The van der Waals surface area contributed by atoms with Gasteiger partial charge in [0.25, 0.3) is 11.6 Å². The molecule has 0 bridgehead atoms. The molecule has 4 aromatic rings. The van der Waals surface area contributed by atoms with E-state index in [4.69, 9.17) is 14.2 Å². The summed E-state index contributed by atoms with van der Waals surface area (Å²) in [5.74, 6) is -1.46. The molecule has 4 aromatic carbocycles. The van der Waals surface area contributed by atoms with Gasteiger partial charge in [-0.25, -0.2) is 9.59 Å². The van der Waals surface area contributed by atoms with E-state index in [2.05, 4.69) is 5.32 Å². The van der Waals surface area contributed by atoms with E-state index in [1.165, 1.54) is 40.9 Å². The van der Waals surface area contributed by atoms with E-state index in [0.717, 1.165) is 5.56 Å². The van der Waals surface area contributed by atoms with E-state index in [-0.39, 0.29) is 35.2 Å². The Balaban J connectivity index is 1.23. The van der Waals surface area contributed by atoms with Gasteiger partial charge in [-0.1, -0.05) is 91.0 Å². The number of carbonyl (C=O) groups excluding carboxylic acids is 4. The van der Waals surface area contributed by atoms with Crippen molar-refractivity contribution in [1.29, 1.82) is 0 Å². The molecule has 2 heterocycles. The van der Waals surface area contributed by atoms with Gasteiger partial charge in [0.2, 0.25) is 5.91 Å². The molecule has 0 spiro atoms. The van der Waals surface area contributed by atoms with Crippen LogP contribution in [0.3, 0.4) is 0 Å². The minimum atomic E-state index is -1.12. The zero-order valence-electron chi connectivity index (χ0n) is 25.8. The minimum absolute atomic E-state index is 0.0165. The zero-order valence-corrected chi connectivity index (χ0v) is 26.6. The number of non-ortho nitro benzene ring substituents is 1. The van der Waals surface area contributed by atoms with Crippen molar-refractivity contribution < 1.29 is 38.3 Å². The summed E-state index contributed by atoms with van der Waals surface area (Å²) in [5, 5.41) is 13.1. The summed E-state index contributed by atoms with van der Waals surface area (Å²) in [4.78, 5) is 64.8. The molecule has 0 aromatic heterocycles. The Morgan fingerprint density at radius 3 is 2.06 bits per heavy atom. The number of nitro benzene ring substituents is 1. The smallest absolute Gasteiger partial charge is 0.448 e. The van der Waals surface area contributed by atoms with E-state index >= 15 is 0 Å². The predicted octanol–water partition coefficient (Wildman–Crippen LogP) is 5.34. The zero-order chi connectivity index (χ0) is 34.3. The number of thioether (sulfide) groups is 1. The quantitative estimate of drug-likeness (QED) is 0.0722. The van der Waals surface area contributed by atoms with E-state index in [1.807, 2.05) is 91.0 Å². The van der Waals surface area contributed by atoms with Gasteiger partial charge in [0.1, 0.15) is 29.5 Å². The SMILES string of the molecule is O=C(Cc1ccccc1)NC1C(=O)N2C(C(=O)OC(c3ccccc3)c3ccccc3)=C(COC(=O)Oc3ccc([N+](=O)[O-])cc3)CS[C@@H]12. The lowest BCUT2D eigenvalue weighted by molar-refractivity contribution is -0.384. The number of carbonyl (C=O) groups is 4. The maximum Gasteiger partial charge on any atom is 0.514 e. The van der Waals surface area contributed by atoms with E-state index in [9.17, 15) is 29.3 Å². The fourth-order valence-electron chi connectivity index (χ4n) is 5.44. The van der Waals surface area contributed by atoms with Crippen LogP contribution in [0.5, 0.6) is 5.75 Å². The summed E-state index contributed by atoms with van der Waals surface area (Å²) in [5.41, 5.74) is 2.24. The van der Waals surface area contributed by atoms with Gasteiger partial charge in [-0.05, 0) is 28.8 Å². The van der Waals surface area contributed by atoms with Crippen LogP contribution in [-0.2, 0) is 30.3 Å². The number of β-lactam (4-membered cyclic amide) rings is 1. The molecular weight excluding hydrogens is 650 g/mol. The van der Waals surface area contributed by atoms with Crippen molar-refractivity contribution in [2.75, 3.05) is 12.4 Å². The highest BCUT2D eigenvalue weighted by Gasteiger charge is 2.54. The van der Waals surface area contributed by atoms with Gasteiger partial charge in [-0.15, -0.1) is 11.8 Å². The molecule has 1 fully saturated rings. The summed E-state index contributed by atoms with van der Waals surface area (Å²) in [6.45, 7) is -0.411. The third-order valence-corrected chi connectivity index (χ3v) is 9.15. The summed E-state index contributed by atoms with van der Waals surface area (Å²) >= 11 is 1.30. The van der Waals surface area contributed by atoms with Gasteiger partial charge in [0, 0.05) is 23.5 Å². The van der Waals surface area contributed by atoms with Crippen LogP contribution < -0.4 is 10.1 Å². The number of fused-ring (bicyclic) bond motifs is 1. The first-order valence-electron chi connectivity index (χ1n) is 15.2. The first-order valence-corrected chi connectivity index (χ1v) is 16.2. The van der Waals surface area contributed by atoms with Crippen molar-refractivity contribution in [2.24, 2.45) is 0 Å². The van der Waals surface area contributed by atoms with Gasteiger partial charge < -0.3 is 19.5 Å². The standard InChI is InChI=1S/C36H29N3O9S/c40-29(20-23-10-4-1-5-11-23)37-30-33(41)38-31(35(42)48-32(24-12-6-2-7-13-24)25-14-8-3-9-15-25)26(22-49-34(30)38)21-46-36(43)47-28-18-16-27(17-19-28)39(44)45/h1-19,30,32,34H,20-22H2,(H,37,40)/t30?,34-/m0/s1. The third kappa shape index (κ3) is 7.63. The Bertz CT molecular complexity index is 1850. The van der Waals surface area contributed by atoms with Crippen LogP contribution in [0.4, 0.5) is 10.5 Å². The first-order chi connectivity index (χ1) is 23.8. The molecule has 12 nitrogen and oxygen atoms in total. The maximum absolute atomic E-state index is 14.1. The Morgan fingerprint density at radius 2 is 1.47 bits per heavy atom. The lowest BCUT2D eigenvalue weighted by atomic mass is 10.0. The van der Waals surface area contributed by atoms with Crippen molar-refractivity contribution in [3.63, 3.8) is 0 Å². The van der Waals surface area contributed by atoms with Crippen LogP contribution in [0, 0.1) is 10.1 Å². The van der Waals surface area contributed by atoms with Gasteiger partial charge in [0.15, 0.2) is 6.10 Å². The molecular formula is C36H29N3O9S. The van der Waals surface area contributed by atoms with Crippen molar-refractivity contribution >= 4 is 41.4 Å². The molecule has 2 amide bonds. The topological polar surface area (TPSA) is 154 Å². The van der Waals surface area contributed by atoms with Crippen molar-refractivity contribution in [2.45, 2.75) is 23.9 Å². The van der Waals surface area contributed by atoms with Gasteiger partial charge in [-0.2, -0.15) is 0 Å². The molecule has 2 aliphatic heterocycles. The molecule has 13 heteroatoms. The van der Waals surface area contributed by atoms with Crippen LogP contribution in [-0.4, -0.2) is 57.5 Å². The fraction of sp³-hybridized carbons (Fsp3) is 0.167. The molecule has 49 heavy (non-hydrogen) atoms. The minimum Gasteiger partial charge on any atom is -0.448 e. The Kier molecular flexibility index (Phi) is 10.00. The molecule has 1 saturated heterocycles. The number of nitrogens with one attached hydrogen (secondary N) is 1. The summed E-state index contributed by atoms with van der Waals surface area (Å²) in [6.07, 6.45) is -1.85. The summed E-state index contributed by atoms with van der Waals surface area (Å²) in [6, 6.07) is 31.4. The van der Waals surface area contributed by atoms with Crippen molar-refractivity contribution in [3.05, 3.63) is 153 Å². The molecule has 6 rings (SSSR count). The third-order valence-electron chi connectivity index (χ3n) is 7.81. The number of hydrogen-bond acceptors (Lipinski definition) is 10. The monoisotopic (exact) mass is 679 g/mol. The van der Waals surface area contributed by atoms with Crippen LogP contribution in [0.2, 0.25) is 0 Å². The number of nitro groups is 1. The van der Waals surface area contributed by atoms with Crippen LogP contribution >= 0.6 is 11.8 Å². The molecule has 0 saturated carbocycles. The highest BCUT2D eigenvalue weighted by Crippen LogP contribution is 2.42. The average Bonchev–Trinajstić information content (AvgIpc) is 3.12. The lowest BCUT2D eigenvalue weighted by Crippen LogP contribution is -2.70. The van der Waals surface area contributed by atoms with Gasteiger partial charge in [-0.3, -0.25) is 24.6 Å². The number of amides is 2. The van der Waals surface area contributed by atoms with Crippen LogP contribution in [0.15, 0.2) is 127 Å². The molecule has 1 unspecified atom stereocenters. The van der Waals surface area contributed by atoms with E-state index in [0.29, 0.717) is 16.7 Å². The largest absolute Gasteiger partial charge is 0.514 e. The van der Waals surface area contributed by atoms with Crippen molar-refractivity contribution in [1.82, 2.24) is 10.2 Å². The number of esters is 1. The highest BCUT2D eigenvalue weighted by molar-refractivity contribution is 8.00. The van der Waals surface area contributed by atoms with E-state index in [1.54, 1.807) is 0 Å². The molecule has 2 aliphatic rings. The normalized spacial score (nSPS) is 16.7. The van der Waals surface area contributed by atoms with E-state index < -0.39 is 47.1 Å². The second-order valence-electron chi connectivity index (χ2n) is 11.1. The second-order valence-corrected chi connectivity index (χ2v) is 12.2. The van der Waals surface area contributed by atoms with Gasteiger partial charge in [0.05, 0.1) is 11.3 Å². The van der Waals surface area contributed by atoms with Gasteiger partial charge >= 0.3 is 12.1 Å². The van der Waals surface area contributed by atoms with Crippen molar-refractivity contribution in [3.8, 4) is 5.75 Å². The predicted molar refractivity (Wildman–Crippen MR) is 178 cm³/mol.